The van der Waals surface area contributed by atoms with Crippen LogP contribution in [0.5, 0.6) is 5.75 Å². The molecule has 0 spiro atoms. The van der Waals surface area contributed by atoms with Gasteiger partial charge in [0.2, 0.25) is 0 Å². The Morgan fingerprint density at radius 3 is 2.38 bits per heavy atom. The third-order valence-corrected chi connectivity index (χ3v) is 3.86. The maximum absolute atomic E-state index is 11.9. The smallest absolute Gasteiger partial charge is 0.330 e. The Balaban J connectivity index is 1.93. The van der Waals surface area contributed by atoms with E-state index in [4.69, 9.17) is 9.57 Å². The zero-order valence-corrected chi connectivity index (χ0v) is 13.4. The van der Waals surface area contributed by atoms with Gasteiger partial charge in [0.25, 0.3) is 0 Å². The highest BCUT2D eigenvalue weighted by Gasteiger charge is 2.29. The average Bonchev–Trinajstić information content (AvgIpc) is 2.47. The van der Waals surface area contributed by atoms with Gasteiger partial charge in [0, 0.05) is 13.1 Å². The summed E-state index contributed by atoms with van der Waals surface area (Å²) in [5.74, 6) is 1.24. The molecule has 116 valence electrons. The quantitative estimate of drug-likeness (QED) is 0.856. The topological polar surface area (TPSA) is 38.8 Å². The molecule has 0 amide bonds. The van der Waals surface area contributed by atoms with Crippen molar-refractivity contribution in [1.82, 2.24) is 5.06 Å². The van der Waals surface area contributed by atoms with Crippen LogP contribution in [0.3, 0.4) is 0 Å². The summed E-state index contributed by atoms with van der Waals surface area (Å²) in [6.45, 7) is 7.15. The molecule has 0 aromatic heterocycles. The van der Waals surface area contributed by atoms with Crippen molar-refractivity contribution in [3.8, 4) is 5.75 Å². The molecule has 2 rings (SSSR count). The predicted molar refractivity (Wildman–Crippen MR) is 82.1 cm³/mol. The van der Waals surface area contributed by atoms with Crippen LogP contribution in [0.25, 0.3) is 0 Å². The number of carbonyl (C=O) groups excluding carboxylic acids is 1. The summed E-state index contributed by atoms with van der Waals surface area (Å²) in [6.07, 6.45) is 1.94. The Hall–Kier alpha value is -1.55. The van der Waals surface area contributed by atoms with Crippen LogP contribution in [0.2, 0.25) is 0 Å². The first kappa shape index (κ1) is 15.8. The summed E-state index contributed by atoms with van der Waals surface area (Å²) in [7, 11) is 1.71. The van der Waals surface area contributed by atoms with E-state index in [9.17, 15) is 4.79 Å². The minimum atomic E-state index is -0.459. The van der Waals surface area contributed by atoms with E-state index in [0.29, 0.717) is 5.92 Å². The maximum atomic E-state index is 11.9. The van der Waals surface area contributed by atoms with Gasteiger partial charge < -0.3 is 9.57 Å². The molecule has 1 aliphatic heterocycles. The number of piperidine rings is 1. The highest BCUT2D eigenvalue weighted by atomic mass is 16.7. The third-order valence-electron chi connectivity index (χ3n) is 3.86. The lowest BCUT2D eigenvalue weighted by atomic mass is 9.89. The zero-order chi connectivity index (χ0) is 15.5. The van der Waals surface area contributed by atoms with E-state index in [1.165, 1.54) is 5.56 Å². The van der Waals surface area contributed by atoms with Gasteiger partial charge in [-0.2, -0.15) is 0 Å². The highest BCUT2D eigenvalue weighted by molar-refractivity contribution is 5.75. The molecule has 4 heteroatoms. The van der Waals surface area contributed by atoms with Gasteiger partial charge in [-0.3, -0.25) is 0 Å². The normalized spacial score (nSPS) is 17.5. The molecule has 4 nitrogen and oxygen atoms in total. The van der Waals surface area contributed by atoms with Crippen LogP contribution in [-0.2, 0) is 9.63 Å². The van der Waals surface area contributed by atoms with E-state index < -0.39 is 5.41 Å². The van der Waals surface area contributed by atoms with Crippen LogP contribution in [0, 0.1) is 5.41 Å². The van der Waals surface area contributed by atoms with Crippen LogP contribution in [0.15, 0.2) is 24.3 Å². The first-order chi connectivity index (χ1) is 9.91. The summed E-state index contributed by atoms with van der Waals surface area (Å²) in [4.78, 5) is 17.4. The Morgan fingerprint density at radius 1 is 1.19 bits per heavy atom. The predicted octanol–water partition coefficient (Wildman–Crippen LogP) is 3.38. The first-order valence-electron chi connectivity index (χ1n) is 7.52. The van der Waals surface area contributed by atoms with Crippen molar-refractivity contribution in [2.75, 3.05) is 20.2 Å². The Bertz CT molecular complexity index is 485. The molecule has 0 atom stereocenters. The number of rotatable bonds is 3. The number of hydrogen-bond acceptors (Lipinski definition) is 4. The van der Waals surface area contributed by atoms with Gasteiger partial charge in [-0.05, 0) is 51.2 Å². The second-order valence-corrected chi connectivity index (χ2v) is 6.57. The number of carbonyl (C=O) groups is 1. The van der Waals surface area contributed by atoms with Crippen LogP contribution in [0.1, 0.15) is 45.1 Å². The molecule has 21 heavy (non-hydrogen) atoms. The van der Waals surface area contributed by atoms with Crippen molar-refractivity contribution in [2.24, 2.45) is 5.41 Å². The van der Waals surface area contributed by atoms with Crippen molar-refractivity contribution in [3.63, 3.8) is 0 Å². The molecule has 1 heterocycles. The van der Waals surface area contributed by atoms with Gasteiger partial charge in [-0.1, -0.05) is 18.2 Å². The van der Waals surface area contributed by atoms with Crippen molar-refractivity contribution < 1.29 is 14.4 Å². The average molecular weight is 291 g/mol. The fraction of sp³-hybridized carbons (Fsp3) is 0.588. The number of hydrogen-bond donors (Lipinski definition) is 0. The lowest BCUT2D eigenvalue weighted by Crippen LogP contribution is -2.38. The number of para-hydroxylation sites is 1. The van der Waals surface area contributed by atoms with E-state index in [0.717, 1.165) is 31.7 Å². The first-order valence-corrected chi connectivity index (χ1v) is 7.52. The summed E-state index contributed by atoms with van der Waals surface area (Å²) in [6, 6.07) is 8.16. The lowest BCUT2D eigenvalue weighted by molar-refractivity contribution is -0.204. The monoisotopic (exact) mass is 291 g/mol. The SMILES string of the molecule is COc1ccccc1C1CCN(OC(=O)C(C)(C)C)CC1. The second kappa shape index (κ2) is 6.48. The van der Waals surface area contributed by atoms with E-state index in [1.807, 2.05) is 39.0 Å². The van der Waals surface area contributed by atoms with Crippen molar-refractivity contribution in [2.45, 2.75) is 39.5 Å². The van der Waals surface area contributed by atoms with Gasteiger partial charge in [-0.15, -0.1) is 5.06 Å². The molecular formula is C17H25NO3. The number of methoxy groups -OCH3 is 1. The molecule has 0 radical (unpaired) electrons. The summed E-state index contributed by atoms with van der Waals surface area (Å²) >= 11 is 0. The van der Waals surface area contributed by atoms with Crippen LogP contribution >= 0.6 is 0 Å². The minimum Gasteiger partial charge on any atom is -0.496 e. The number of hydroxylamine groups is 2. The number of nitrogens with zero attached hydrogens (tertiary/aromatic N) is 1. The lowest BCUT2D eigenvalue weighted by Gasteiger charge is -2.32. The zero-order valence-electron chi connectivity index (χ0n) is 13.4. The summed E-state index contributed by atoms with van der Waals surface area (Å²) < 4.78 is 5.44. The van der Waals surface area contributed by atoms with Crippen molar-refractivity contribution >= 4 is 5.97 Å². The molecule has 0 N–H and O–H groups in total. The highest BCUT2D eigenvalue weighted by Crippen LogP contribution is 2.34. The Labute approximate surface area is 127 Å². The fourth-order valence-corrected chi connectivity index (χ4v) is 2.52. The van der Waals surface area contributed by atoms with Gasteiger partial charge in [0.1, 0.15) is 5.75 Å². The summed E-state index contributed by atoms with van der Waals surface area (Å²) in [5.41, 5.74) is 0.793. The van der Waals surface area contributed by atoms with Crippen LogP contribution in [0.4, 0.5) is 0 Å². The maximum Gasteiger partial charge on any atom is 0.330 e. The fourth-order valence-electron chi connectivity index (χ4n) is 2.52. The molecule has 1 aromatic carbocycles. The van der Waals surface area contributed by atoms with E-state index in [1.54, 1.807) is 12.2 Å². The molecule has 0 bridgehead atoms. The molecule has 0 unspecified atom stereocenters. The van der Waals surface area contributed by atoms with E-state index in [2.05, 4.69) is 6.07 Å². The third kappa shape index (κ3) is 3.97. The minimum absolute atomic E-state index is 0.168. The molecule has 1 fully saturated rings. The Kier molecular flexibility index (Phi) is 4.88. The number of ether oxygens (including phenoxy) is 1. The number of benzene rings is 1. The molecule has 1 aliphatic rings. The molecule has 0 saturated carbocycles. The molecule has 1 aromatic rings. The van der Waals surface area contributed by atoms with E-state index >= 15 is 0 Å². The van der Waals surface area contributed by atoms with Crippen LogP contribution < -0.4 is 4.74 Å². The second-order valence-electron chi connectivity index (χ2n) is 6.57. The molecular weight excluding hydrogens is 266 g/mol. The Morgan fingerprint density at radius 2 is 1.81 bits per heavy atom. The largest absolute Gasteiger partial charge is 0.496 e. The van der Waals surface area contributed by atoms with Gasteiger partial charge in [0.15, 0.2) is 0 Å². The van der Waals surface area contributed by atoms with Crippen molar-refractivity contribution in [1.29, 1.82) is 0 Å². The molecule has 0 aliphatic carbocycles. The van der Waals surface area contributed by atoms with Gasteiger partial charge in [-0.25, -0.2) is 4.79 Å². The van der Waals surface area contributed by atoms with Gasteiger partial charge >= 0.3 is 5.97 Å². The van der Waals surface area contributed by atoms with Crippen LogP contribution in [-0.4, -0.2) is 31.2 Å². The van der Waals surface area contributed by atoms with Gasteiger partial charge in [0.05, 0.1) is 12.5 Å². The van der Waals surface area contributed by atoms with E-state index in [-0.39, 0.29) is 5.97 Å². The standard InChI is InChI=1S/C17H25NO3/c1-17(2,3)16(19)21-18-11-9-13(10-12-18)14-7-5-6-8-15(14)20-4/h5-8,13H,9-12H2,1-4H3. The van der Waals surface area contributed by atoms with Crippen molar-refractivity contribution in [3.05, 3.63) is 29.8 Å². The summed E-state index contributed by atoms with van der Waals surface area (Å²) in [5, 5.41) is 1.79. The molecule has 1 saturated heterocycles.